The lowest BCUT2D eigenvalue weighted by molar-refractivity contribution is 0.0120. The first-order valence-corrected chi connectivity index (χ1v) is 10.2. The summed E-state index contributed by atoms with van der Waals surface area (Å²) in [6.45, 7) is 2.84. The Morgan fingerprint density at radius 3 is 2.64 bits per heavy atom. The van der Waals surface area contributed by atoms with Gasteiger partial charge < -0.3 is 9.47 Å². The van der Waals surface area contributed by atoms with Gasteiger partial charge in [0.1, 0.15) is 6.23 Å². The molecule has 25 heavy (non-hydrogen) atoms. The van der Waals surface area contributed by atoms with E-state index in [2.05, 4.69) is 21.3 Å². The number of nitrogens with one attached hydrogen (secondary N) is 4. The Kier molecular flexibility index (Phi) is 6.05. The first kappa shape index (κ1) is 18.7. The van der Waals surface area contributed by atoms with Crippen LogP contribution >= 0.6 is 0 Å². The molecule has 2 saturated heterocycles. The highest BCUT2D eigenvalue weighted by Crippen LogP contribution is 2.22. The normalized spacial score (nSPS) is 30.5. The summed E-state index contributed by atoms with van der Waals surface area (Å²) in [7, 11) is -1.54. The number of benzene rings is 1. The molecule has 140 valence electrons. The van der Waals surface area contributed by atoms with Crippen LogP contribution < -0.4 is 21.3 Å². The molecule has 1 aromatic carbocycles. The van der Waals surface area contributed by atoms with E-state index >= 15 is 0 Å². The molecule has 0 amide bonds. The Hall–Kier alpha value is -1.07. The lowest BCUT2D eigenvalue weighted by Gasteiger charge is -2.38. The van der Waals surface area contributed by atoms with Gasteiger partial charge in [0.25, 0.3) is 0 Å². The average molecular weight is 370 g/mol. The lowest BCUT2D eigenvalue weighted by Crippen LogP contribution is -2.62. The quantitative estimate of drug-likeness (QED) is 0.514. The second kappa shape index (κ2) is 8.09. The van der Waals surface area contributed by atoms with E-state index < -0.39 is 9.84 Å². The van der Waals surface area contributed by atoms with Gasteiger partial charge in [0.05, 0.1) is 30.4 Å². The van der Waals surface area contributed by atoms with Gasteiger partial charge in [-0.3, -0.25) is 21.3 Å². The molecular formula is C16H26N4O4S. The predicted molar refractivity (Wildman–Crippen MR) is 93.8 cm³/mol. The maximum atomic E-state index is 11.6. The molecule has 2 aliphatic rings. The SMILES string of the molecule is COC1NCC(NCC2COCN2)NC1c1ccc(S(C)(=O)=O)cc1. The third-order valence-electron chi connectivity index (χ3n) is 4.53. The fourth-order valence-corrected chi connectivity index (χ4v) is 3.74. The van der Waals surface area contributed by atoms with Crippen molar-refractivity contribution in [2.75, 3.05) is 39.8 Å². The van der Waals surface area contributed by atoms with Gasteiger partial charge in [-0.25, -0.2) is 8.42 Å². The van der Waals surface area contributed by atoms with Crippen molar-refractivity contribution in [1.29, 1.82) is 0 Å². The highest BCUT2D eigenvalue weighted by atomic mass is 32.2. The molecule has 0 saturated carbocycles. The van der Waals surface area contributed by atoms with Crippen molar-refractivity contribution >= 4 is 9.84 Å². The van der Waals surface area contributed by atoms with E-state index in [1.54, 1.807) is 19.2 Å². The summed E-state index contributed by atoms with van der Waals surface area (Å²) in [6.07, 6.45) is 1.10. The monoisotopic (exact) mass is 370 g/mol. The van der Waals surface area contributed by atoms with Crippen molar-refractivity contribution in [1.82, 2.24) is 21.3 Å². The summed E-state index contributed by atoms with van der Waals surface area (Å²) in [5, 5.41) is 13.6. The lowest BCUT2D eigenvalue weighted by atomic mass is 10.0. The van der Waals surface area contributed by atoms with E-state index in [-0.39, 0.29) is 18.4 Å². The van der Waals surface area contributed by atoms with E-state index in [0.717, 1.165) is 18.7 Å². The molecule has 4 N–H and O–H groups in total. The van der Waals surface area contributed by atoms with Crippen LogP contribution in [0.15, 0.2) is 29.2 Å². The molecule has 1 aromatic rings. The molecule has 0 spiro atoms. The van der Waals surface area contributed by atoms with Gasteiger partial charge in [-0.05, 0) is 17.7 Å². The van der Waals surface area contributed by atoms with E-state index in [9.17, 15) is 8.42 Å². The van der Waals surface area contributed by atoms with E-state index in [1.165, 1.54) is 6.26 Å². The van der Waals surface area contributed by atoms with Crippen molar-refractivity contribution in [3.63, 3.8) is 0 Å². The van der Waals surface area contributed by atoms with Gasteiger partial charge in [-0.2, -0.15) is 0 Å². The minimum Gasteiger partial charge on any atom is -0.365 e. The number of piperazine rings is 1. The van der Waals surface area contributed by atoms with Gasteiger partial charge in [-0.15, -0.1) is 0 Å². The number of hydrogen-bond donors (Lipinski definition) is 4. The second-order valence-corrected chi connectivity index (χ2v) is 8.44. The van der Waals surface area contributed by atoms with E-state index in [0.29, 0.717) is 24.3 Å². The standard InChI is InChI=1S/C16H26N4O4S/c1-23-16-15(11-3-5-13(6-4-11)25(2,21)22)20-14(8-18-16)17-7-12-9-24-10-19-12/h3-6,12,14-20H,7-10H2,1-2H3. The Balaban J connectivity index is 1.66. The zero-order chi connectivity index (χ0) is 17.9. The summed E-state index contributed by atoms with van der Waals surface area (Å²) >= 11 is 0. The molecule has 4 atom stereocenters. The van der Waals surface area contributed by atoms with Crippen molar-refractivity contribution in [3.8, 4) is 0 Å². The van der Waals surface area contributed by atoms with Crippen LogP contribution in [-0.4, -0.2) is 66.6 Å². The maximum Gasteiger partial charge on any atom is 0.175 e. The van der Waals surface area contributed by atoms with Crippen molar-refractivity contribution in [2.24, 2.45) is 0 Å². The van der Waals surface area contributed by atoms with Crippen LogP contribution in [0.4, 0.5) is 0 Å². The molecule has 2 fully saturated rings. The minimum atomic E-state index is -3.20. The Labute approximate surface area is 148 Å². The number of rotatable bonds is 6. The van der Waals surface area contributed by atoms with Gasteiger partial charge in [-0.1, -0.05) is 12.1 Å². The molecule has 8 nitrogen and oxygen atoms in total. The zero-order valence-corrected chi connectivity index (χ0v) is 15.3. The van der Waals surface area contributed by atoms with E-state index in [4.69, 9.17) is 9.47 Å². The molecule has 0 aromatic heterocycles. The Morgan fingerprint density at radius 2 is 2.04 bits per heavy atom. The Morgan fingerprint density at radius 1 is 1.28 bits per heavy atom. The van der Waals surface area contributed by atoms with Crippen LogP contribution in [0.25, 0.3) is 0 Å². The van der Waals surface area contributed by atoms with Crippen LogP contribution in [0.5, 0.6) is 0 Å². The molecule has 0 aliphatic carbocycles. The number of ether oxygens (including phenoxy) is 2. The molecular weight excluding hydrogens is 344 g/mol. The fraction of sp³-hybridized carbons (Fsp3) is 0.625. The highest BCUT2D eigenvalue weighted by molar-refractivity contribution is 7.90. The van der Waals surface area contributed by atoms with Crippen LogP contribution in [0.2, 0.25) is 0 Å². The van der Waals surface area contributed by atoms with Crippen LogP contribution in [0.1, 0.15) is 11.6 Å². The second-order valence-electron chi connectivity index (χ2n) is 6.43. The largest absolute Gasteiger partial charge is 0.365 e. The number of hydrogen-bond acceptors (Lipinski definition) is 8. The van der Waals surface area contributed by atoms with Crippen LogP contribution in [0, 0.1) is 0 Å². The van der Waals surface area contributed by atoms with Crippen LogP contribution in [-0.2, 0) is 19.3 Å². The summed E-state index contributed by atoms with van der Waals surface area (Å²) in [5.74, 6) is 0. The van der Waals surface area contributed by atoms with Gasteiger partial charge in [0.2, 0.25) is 0 Å². The molecule has 0 radical (unpaired) electrons. The molecule has 2 heterocycles. The number of sulfone groups is 1. The zero-order valence-electron chi connectivity index (χ0n) is 14.5. The third kappa shape index (κ3) is 4.76. The van der Waals surface area contributed by atoms with Crippen LogP contribution in [0.3, 0.4) is 0 Å². The van der Waals surface area contributed by atoms with Gasteiger partial charge in [0.15, 0.2) is 9.84 Å². The summed E-state index contributed by atoms with van der Waals surface area (Å²) in [4.78, 5) is 0.316. The summed E-state index contributed by atoms with van der Waals surface area (Å²) in [6, 6.07) is 7.16. The van der Waals surface area contributed by atoms with Crippen molar-refractivity contribution in [3.05, 3.63) is 29.8 Å². The summed E-state index contributed by atoms with van der Waals surface area (Å²) < 4.78 is 34.1. The minimum absolute atomic E-state index is 0.0772. The topological polar surface area (TPSA) is 101 Å². The third-order valence-corrected chi connectivity index (χ3v) is 5.66. The smallest absolute Gasteiger partial charge is 0.175 e. The Bertz CT molecular complexity index is 661. The molecule has 0 bridgehead atoms. The predicted octanol–water partition coefficient (Wildman–Crippen LogP) is -0.842. The van der Waals surface area contributed by atoms with E-state index in [1.807, 2.05) is 12.1 Å². The summed E-state index contributed by atoms with van der Waals surface area (Å²) in [5.41, 5.74) is 0.973. The van der Waals surface area contributed by atoms with Gasteiger partial charge >= 0.3 is 0 Å². The maximum absolute atomic E-state index is 11.6. The molecule has 2 aliphatic heterocycles. The fourth-order valence-electron chi connectivity index (χ4n) is 3.11. The average Bonchev–Trinajstić information content (AvgIpc) is 3.12. The first-order valence-electron chi connectivity index (χ1n) is 8.34. The van der Waals surface area contributed by atoms with Crippen molar-refractivity contribution in [2.45, 2.75) is 29.4 Å². The first-order chi connectivity index (χ1) is 12.0. The molecule has 4 unspecified atom stereocenters. The molecule has 3 rings (SSSR count). The van der Waals surface area contributed by atoms with Crippen molar-refractivity contribution < 1.29 is 17.9 Å². The highest BCUT2D eigenvalue weighted by Gasteiger charge is 2.31. The number of methoxy groups -OCH3 is 1. The van der Waals surface area contributed by atoms with Gasteiger partial charge in [0, 0.05) is 32.5 Å². The molecule has 9 heteroatoms.